The molecule has 1 aliphatic rings. The van der Waals surface area contributed by atoms with Gasteiger partial charge in [0, 0.05) is 37.7 Å². The molecule has 7 nitrogen and oxygen atoms in total. The predicted molar refractivity (Wildman–Crippen MR) is 162 cm³/mol. The van der Waals surface area contributed by atoms with Crippen molar-refractivity contribution in [3.8, 4) is 5.75 Å². The van der Waals surface area contributed by atoms with Crippen LogP contribution >= 0.6 is 11.6 Å². The number of amides is 2. The van der Waals surface area contributed by atoms with E-state index in [1.54, 1.807) is 6.07 Å². The molecule has 1 heterocycles. The van der Waals surface area contributed by atoms with Crippen molar-refractivity contribution in [3.05, 3.63) is 100 Å². The van der Waals surface area contributed by atoms with Crippen LogP contribution in [-0.4, -0.2) is 72.0 Å². The lowest BCUT2D eigenvalue weighted by Crippen LogP contribution is -2.48. The van der Waals surface area contributed by atoms with Gasteiger partial charge < -0.3 is 10.5 Å². The van der Waals surface area contributed by atoms with Gasteiger partial charge in [-0.1, -0.05) is 67.6 Å². The number of rotatable bonds is 12. The first kappa shape index (κ1) is 34.2. The number of nitrogens with zero attached hydrogens (tertiary/aromatic N) is 3. The molecule has 1 fully saturated rings. The van der Waals surface area contributed by atoms with Gasteiger partial charge in [-0.15, -0.1) is 0 Å². The van der Waals surface area contributed by atoms with Gasteiger partial charge in [0.25, 0.3) is 0 Å². The van der Waals surface area contributed by atoms with E-state index >= 15 is 0 Å². The van der Waals surface area contributed by atoms with Crippen molar-refractivity contribution in [1.29, 1.82) is 0 Å². The third-order valence-electron chi connectivity index (χ3n) is 7.43. The smallest absolute Gasteiger partial charge is 0.419 e. The first-order valence-corrected chi connectivity index (χ1v) is 14.3. The third kappa shape index (κ3) is 9.86. The van der Waals surface area contributed by atoms with Gasteiger partial charge in [0.2, 0.25) is 0 Å². The van der Waals surface area contributed by atoms with Gasteiger partial charge in [0.05, 0.1) is 18.2 Å². The summed E-state index contributed by atoms with van der Waals surface area (Å²) in [5.41, 5.74) is 7.01. The summed E-state index contributed by atoms with van der Waals surface area (Å²) in [4.78, 5) is 15.5. The first-order valence-electron chi connectivity index (χ1n) is 14.0. The Hall–Kier alpha value is -3.31. The number of carbonyl (C=O) groups is 1. The molecule has 3 aromatic carbocycles. The van der Waals surface area contributed by atoms with Crippen LogP contribution in [0, 0.1) is 0 Å². The van der Waals surface area contributed by atoms with E-state index in [0.29, 0.717) is 41.5 Å². The Bertz CT molecular complexity index is 1290. The number of urea groups is 1. The molecule has 0 aliphatic carbocycles. The van der Waals surface area contributed by atoms with E-state index < -0.39 is 17.8 Å². The van der Waals surface area contributed by atoms with Crippen molar-refractivity contribution in [1.82, 2.24) is 14.9 Å². The molecule has 1 atom stereocenters. The largest absolute Gasteiger partial charge is 0.492 e. The minimum absolute atomic E-state index is 0. The molecule has 0 bridgehead atoms. The first-order chi connectivity index (χ1) is 20.1. The van der Waals surface area contributed by atoms with Crippen molar-refractivity contribution >= 4 is 17.6 Å². The number of aryl methyl sites for hydroxylation is 1. The summed E-state index contributed by atoms with van der Waals surface area (Å²) in [6, 6.07) is 21.4. The maximum absolute atomic E-state index is 13.8. The van der Waals surface area contributed by atoms with E-state index in [1.807, 2.05) is 30.3 Å². The second-order valence-electron chi connectivity index (χ2n) is 10.3. The number of unbranched alkanes of at least 4 members (excludes halogenated alkanes) is 1. The lowest BCUT2D eigenvalue weighted by atomic mass is 9.96. The molecule has 1 saturated heterocycles. The molecular formula is C32H40ClF3N4O3. The van der Waals surface area contributed by atoms with Gasteiger partial charge >= 0.3 is 12.2 Å². The van der Waals surface area contributed by atoms with Crippen molar-refractivity contribution in [2.24, 2.45) is 5.73 Å². The van der Waals surface area contributed by atoms with Gasteiger partial charge in [0.1, 0.15) is 12.4 Å². The molecule has 0 aromatic heterocycles. The van der Waals surface area contributed by atoms with Crippen LogP contribution in [0.15, 0.2) is 72.8 Å². The minimum atomic E-state index is -4.56. The maximum Gasteiger partial charge on any atom is 0.419 e. The zero-order chi connectivity index (χ0) is 30.1. The summed E-state index contributed by atoms with van der Waals surface area (Å²) in [7, 11) is 0. The van der Waals surface area contributed by atoms with Crippen molar-refractivity contribution in [2.45, 2.75) is 38.9 Å². The van der Waals surface area contributed by atoms with Crippen LogP contribution in [0.4, 0.5) is 18.0 Å². The topological polar surface area (TPSA) is 82.3 Å². The van der Waals surface area contributed by atoms with E-state index in [2.05, 4.69) is 34.1 Å². The second-order valence-corrected chi connectivity index (χ2v) is 10.8. The molecule has 3 aromatic rings. The monoisotopic (exact) mass is 620 g/mol. The Kier molecular flexibility index (Phi) is 12.7. The zero-order valence-corrected chi connectivity index (χ0v) is 24.0. The fourth-order valence-corrected chi connectivity index (χ4v) is 5.33. The van der Waals surface area contributed by atoms with E-state index in [0.717, 1.165) is 37.8 Å². The Balaban J connectivity index is 0.00000506. The molecule has 1 aliphatic heterocycles. The van der Waals surface area contributed by atoms with Crippen LogP contribution in [-0.2, 0) is 12.6 Å². The van der Waals surface area contributed by atoms with Gasteiger partial charge in [-0.2, -0.15) is 13.2 Å². The quantitative estimate of drug-likeness (QED) is 0.131. The zero-order valence-electron chi connectivity index (χ0n) is 23.3. The third-order valence-corrected chi connectivity index (χ3v) is 7.68. The average molecular weight is 621 g/mol. The number of benzene rings is 3. The van der Waals surface area contributed by atoms with Gasteiger partial charge in [-0.3, -0.25) is 15.0 Å². The molecule has 0 spiro atoms. The average Bonchev–Trinajstić information content (AvgIpc) is 2.97. The van der Waals surface area contributed by atoms with Crippen LogP contribution in [0.1, 0.15) is 48.6 Å². The number of hydrogen-bond acceptors (Lipinski definition) is 5. The number of halogens is 4. The predicted octanol–water partition coefficient (Wildman–Crippen LogP) is 6.87. The summed E-state index contributed by atoms with van der Waals surface area (Å²) in [5.74, 6) is -0.188. The highest BCUT2D eigenvalue weighted by Gasteiger charge is 2.35. The van der Waals surface area contributed by atoms with Crippen molar-refractivity contribution < 1.29 is 27.9 Å². The van der Waals surface area contributed by atoms with Crippen molar-refractivity contribution in [2.75, 3.05) is 45.9 Å². The molecule has 43 heavy (non-hydrogen) atoms. The molecule has 11 heteroatoms. The molecule has 3 N–H and O–H groups in total. The number of hydrogen-bond donors (Lipinski definition) is 2. The highest BCUT2D eigenvalue weighted by Crippen LogP contribution is 2.37. The van der Waals surface area contributed by atoms with Crippen LogP contribution in [0.5, 0.6) is 5.75 Å². The van der Waals surface area contributed by atoms with Gasteiger partial charge in [0.15, 0.2) is 0 Å². The number of primary amides is 1. The number of hydroxylamine groups is 2. The number of nitrogens with two attached hydrogens (primary N) is 1. The van der Waals surface area contributed by atoms with E-state index in [4.69, 9.17) is 22.1 Å². The van der Waals surface area contributed by atoms with Crippen molar-refractivity contribution in [3.63, 3.8) is 0 Å². The second kappa shape index (κ2) is 16.0. The summed E-state index contributed by atoms with van der Waals surface area (Å²) in [6.07, 6.45) is -3.31. The Morgan fingerprint density at radius 2 is 1.63 bits per heavy atom. The van der Waals surface area contributed by atoms with Crippen LogP contribution in [0.2, 0.25) is 5.02 Å². The van der Waals surface area contributed by atoms with E-state index in [1.165, 1.54) is 11.6 Å². The molecule has 0 radical (unpaired) electrons. The highest BCUT2D eigenvalue weighted by molar-refractivity contribution is 6.30. The number of ether oxygens (including phenoxy) is 1. The lowest BCUT2D eigenvalue weighted by molar-refractivity contribution is -0.139. The number of piperazine rings is 1. The fourth-order valence-electron chi connectivity index (χ4n) is 5.21. The van der Waals surface area contributed by atoms with Gasteiger partial charge in [-0.05, 0) is 60.2 Å². The number of carbonyl (C=O) groups excluding carboxylic acids is 1. The van der Waals surface area contributed by atoms with E-state index in [-0.39, 0.29) is 32.4 Å². The lowest BCUT2D eigenvalue weighted by Gasteiger charge is -2.39. The fraction of sp³-hybridized carbons (Fsp3) is 0.406. The minimum Gasteiger partial charge on any atom is -0.492 e. The molecule has 4 rings (SSSR count). The molecular weight excluding hydrogens is 581 g/mol. The molecule has 0 saturated carbocycles. The molecule has 2 amide bonds. The molecule has 234 valence electrons. The van der Waals surface area contributed by atoms with Crippen LogP contribution in [0.25, 0.3) is 0 Å². The Labute approximate surface area is 256 Å². The highest BCUT2D eigenvalue weighted by atomic mass is 35.5. The summed E-state index contributed by atoms with van der Waals surface area (Å²) in [6.45, 7) is 3.82. The Morgan fingerprint density at radius 3 is 2.26 bits per heavy atom. The van der Waals surface area contributed by atoms with Crippen LogP contribution in [0.3, 0.4) is 0 Å². The van der Waals surface area contributed by atoms with E-state index in [9.17, 15) is 23.2 Å². The Morgan fingerprint density at radius 1 is 0.977 bits per heavy atom. The van der Waals surface area contributed by atoms with Crippen LogP contribution < -0.4 is 10.5 Å². The van der Waals surface area contributed by atoms with Gasteiger partial charge in [-0.25, -0.2) is 9.86 Å². The summed E-state index contributed by atoms with van der Waals surface area (Å²) in [5, 5.41) is 10.4. The summed E-state index contributed by atoms with van der Waals surface area (Å²) < 4.78 is 47.1. The maximum atomic E-state index is 13.8. The molecule has 0 unspecified atom stereocenters. The normalized spacial score (nSPS) is 15.0. The standard InChI is InChI=1S/C31H36ClF3N4O3.CH4/c32-26-12-10-25(11-13-26)29(24-7-2-1-3-8-24)38-18-16-37(17-19-38)20-21-42-28-14-9-23(22-27(28)31(33,34)35)6-4-5-15-39(41)30(36)40;/h1-3,7-14,22,29,41H,4-6,15-21H2,(H2,36,40);1H4/t29-;/m1./s1. The summed E-state index contributed by atoms with van der Waals surface area (Å²) >= 11 is 6.13. The SMILES string of the molecule is C.NC(=O)N(O)CCCCc1ccc(OCCN2CCN([C@H](c3ccccc3)c3ccc(Cl)cc3)CC2)c(C(F)(F)F)c1. The number of alkyl halides is 3.